The van der Waals surface area contributed by atoms with Gasteiger partial charge in [0.25, 0.3) is 5.56 Å². The number of ether oxygens (including phenoxy) is 2. The molecule has 2 aliphatic rings. The second kappa shape index (κ2) is 9.93. The molecule has 2 aromatic heterocycles. The summed E-state index contributed by atoms with van der Waals surface area (Å²) in [4.78, 5) is 48.9. The molecular weight excluding hydrogens is 450 g/mol. The number of aryl methyl sites for hydroxylation is 1. The third-order valence-corrected chi connectivity index (χ3v) is 6.36. The summed E-state index contributed by atoms with van der Waals surface area (Å²) in [5.41, 5.74) is 1.97. The van der Waals surface area contributed by atoms with E-state index in [2.05, 4.69) is 20.2 Å². The molecule has 2 fully saturated rings. The Bertz CT molecular complexity index is 1310. The number of rotatable bonds is 6. The lowest BCUT2D eigenvalue weighted by Crippen LogP contribution is -2.45. The van der Waals surface area contributed by atoms with Crippen molar-refractivity contribution in [3.05, 3.63) is 64.0 Å². The standard InChI is InChI=1S/C25H27N5O5/c1-16-27-19-3-2-4-21(23(19)25(33)30(16)20-7-8-22(31)28-24(20)32)35-15-18-6-5-17(13-26-18)14-29-9-11-34-12-10-29/h2-6,13,20H,7-12,14-15H2,1H3,(H,28,31,32). The maximum Gasteiger partial charge on any atom is 0.265 e. The van der Waals surface area contributed by atoms with Crippen molar-refractivity contribution in [1.82, 2.24) is 24.8 Å². The van der Waals surface area contributed by atoms with Gasteiger partial charge in [0.15, 0.2) is 0 Å². The number of pyridine rings is 1. The number of aromatic nitrogens is 3. The molecule has 1 unspecified atom stereocenters. The summed E-state index contributed by atoms with van der Waals surface area (Å²) in [5.74, 6) is -0.0440. The molecule has 0 bridgehead atoms. The predicted molar refractivity (Wildman–Crippen MR) is 127 cm³/mol. The molecule has 3 aromatic rings. The van der Waals surface area contributed by atoms with Crippen molar-refractivity contribution < 1.29 is 19.1 Å². The van der Waals surface area contributed by atoms with Gasteiger partial charge in [-0.15, -0.1) is 0 Å². The van der Waals surface area contributed by atoms with Gasteiger partial charge in [-0.25, -0.2) is 4.98 Å². The lowest BCUT2D eigenvalue weighted by atomic mass is 10.1. The van der Waals surface area contributed by atoms with Gasteiger partial charge in [0.1, 0.15) is 29.6 Å². The van der Waals surface area contributed by atoms with Crippen LogP contribution in [0.25, 0.3) is 10.9 Å². The monoisotopic (exact) mass is 477 g/mol. The zero-order valence-corrected chi connectivity index (χ0v) is 19.5. The fraction of sp³-hybridized carbons (Fsp3) is 0.400. The number of carbonyl (C=O) groups excluding carboxylic acids is 2. The second-order valence-corrected chi connectivity index (χ2v) is 8.79. The van der Waals surface area contributed by atoms with Crippen LogP contribution in [0.1, 0.15) is 36.0 Å². The third-order valence-electron chi connectivity index (χ3n) is 6.36. The van der Waals surface area contributed by atoms with E-state index in [4.69, 9.17) is 9.47 Å². The van der Waals surface area contributed by atoms with Crippen molar-refractivity contribution in [2.75, 3.05) is 26.3 Å². The minimum Gasteiger partial charge on any atom is -0.486 e. The first-order valence-electron chi connectivity index (χ1n) is 11.7. The van der Waals surface area contributed by atoms with Crippen LogP contribution in [0.4, 0.5) is 0 Å². The largest absolute Gasteiger partial charge is 0.486 e. The summed E-state index contributed by atoms with van der Waals surface area (Å²) in [6.07, 6.45) is 2.27. The highest BCUT2D eigenvalue weighted by molar-refractivity contribution is 5.99. The van der Waals surface area contributed by atoms with Crippen molar-refractivity contribution in [2.24, 2.45) is 0 Å². The number of morpholine rings is 1. The van der Waals surface area contributed by atoms with Crippen LogP contribution in [-0.4, -0.2) is 57.6 Å². The van der Waals surface area contributed by atoms with E-state index in [1.54, 1.807) is 25.1 Å². The summed E-state index contributed by atoms with van der Waals surface area (Å²) in [7, 11) is 0. The number of benzene rings is 1. The van der Waals surface area contributed by atoms with E-state index < -0.39 is 11.9 Å². The van der Waals surface area contributed by atoms with Crippen molar-refractivity contribution in [3.8, 4) is 5.75 Å². The zero-order chi connectivity index (χ0) is 24.4. The van der Waals surface area contributed by atoms with Crippen molar-refractivity contribution in [3.63, 3.8) is 0 Å². The van der Waals surface area contributed by atoms with Crippen LogP contribution in [0.2, 0.25) is 0 Å². The Morgan fingerprint density at radius 3 is 2.71 bits per heavy atom. The molecule has 0 spiro atoms. The molecule has 1 atom stereocenters. The molecule has 182 valence electrons. The second-order valence-electron chi connectivity index (χ2n) is 8.79. The quantitative estimate of drug-likeness (QED) is 0.531. The summed E-state index contributed by atoms with van der Waals surface area (Å²) in [5, 5.41) is 2.61. The van der Waals surface area contributed by atoms with Crippen molar-refractivity contribution >= 4 is 22.7 Å². The average Bonchev–Trinajstić information content (AvgIpc) is 2.85. The van der Waals surface area contributed by atoms with E-state index >= 15 is 0 Å². The lowest BCUT2D eigenvalue weighted by Gasteiger charge is -2.26. The van der Waals surface area contributed by atoms with Crippen LogP contribution in [0.15, 0.2) is 41.3 Å². The topological polar surface area (TPSA) is 116 Å². The lowest BCUT2D eigenvalue weighted by molar-refractivity contribution is -0.135. The van der Waals surface area contributed by atoms with E-state index in [1.807, 2.05) is 18.3 Å². The number of hydrogen-bond donors (Lipinski definition) is 1. The molecule has 2 amide bonds. The normalized spacial score (nSPS) is 19.1. The number of fused-ring (bicyclic) bond motifs is 1. The molecule has 0 radical (unpaired) electrons. The van der Waals surface area contributed by atoms with Gasteiger partial charge >= 0.3 is 0 Å². The first-order chi connectivity index (χ1) is 17.0. The summed E-state index contributed by atoms with van der Waals surface area (Å²) >= 11 is 0. The maximum atomic E-state index is 13.5. The Labute approximate surface area is 201 Å². The molecule has 0 saturated carbocycles. The highest BCUT2D eigenvalue weighted by atomic mass is 16.5. The van der Waals surface area contributed by atoms with Gasteiger partial charge in [0.2, 0.25) is 11.8 Å². The zero-order valence-electron chi connectivity index (χ0n) is 19.5. The molecule has 5 rings (SSSR count). The molecule has 35 heavy (non-hydrogen) atoms. The molecule has 4 heterocycles. The number of carbonyl (C=O) groups is 2. The van der Waals surface area contributed by atoms with Crippen LogP contribution in [0.3, 0.4) is 0 Å². The molecule has 10 nitrogen and oxygen atoms in total. The fourth-order valence-corrected chi connectivity index (χ4v) is 4.54. The number of nitrogens with one attached hydrogen (secondary N) is 1. The van der Waals surface area contributed by atoms with Gasteiger partial charge in [0, 0.05) is 32.3 Å². The summed E-state index contributed by atoms with van der Waals surface area (Å²) < 4.78 is 12.8. The number of piperidine rings is 1. The number of hydrogen-bond acceptors (Lipinski definition) is 8. The predicted octanol–water partition coefficient (Wildman–Crippen LogP) is 1.49. The van der Waals surface area contributed by atoms with E-state index in [-0.39, 0.29) is 30.9 Å². The van der Waals surface area contributed by atoms with Crippen LogP contribution in [0.5, 0.6) is 5.75 Å². The number of imide groups is 1. The molecule has 0 aliphatic carbocycles. The van der Waals surface area contributed by atoms with E-state index in [9.17, 15) is 14.4 Å². The van der Waals surface area contributed by atoms with Crippen LogP contribution in [0, 0.1) is 6.92 Å². The SMILES string of the molecule is Cc1nc2cccc(OCc3ccc(CN4CCOCC4)cn3)c2c(=O)n1C1CCC(=O)NC1=O. The van der Waals surface area contributed by atoms with Crippen LogP contribution < -0.4 is 15.6 Å². The highest BCUT2D eigenvalue weighted by Crippen LogP contribution is 2.25. The first-order valence-corrected chi connectivity index (χ1v) is 11.7. The van der Waals surface area contributed by atoms with Gasteiger partial charge in [0.05, 0.1) is 24.4 Å². The van der Waals surface area contributed by atoms with E-state index in [0.717, 1.165) is 44.1 Å². The van der Waals surface area contributed by atoms with Gasteiger partial charge in [-0.2, -0.15) is 0 Å². The molecule has 2 saturated heterocycles. The van der Waals surface area contributed by atoms with Gasteiger partial charge < -0.3 is 9.47 Å². The molecular formula is C25H27N5O5. The minimum absolute atomic E-state index is 0.172. The Morgan fingerprint density at radius 2 is 1.97 bits per heavy atom. The average molecular weight is 478 g/mol. The molecule has 2 aliphatic heterocycles. The maximum absolute atomic E-state index is 13.5. The Balaban J connectivity index is 1.36. The highest BCUT2D eigenvalue weighted by Gasteiger charge is 2.31. The smallest absolute Gasteiger partial charge is 0.265 e. The van der Waals surface area contributed by atoms with Gasteiger partial charge in [-0.05, 0) is 37.1 Å². The Hall–Kier alpha value is -3.63. The number of nitrogens with zero attached hydrogens (tertiary/aromatic N) is 4. The molecule has 1 N–H and O–H groups in total. The Kier molecular flexibility index (Phi) is 6.56. The van der Waals surface area contributed by atoms with Crippen LogP contribution >= 0.6 is 0 Å². The van der Waals surface area contributed by atoms with E-state index in [1.165, 1.54) is 4.57 Å². The minimum atomic E-state index is -0.786. The fourth-order valence-electron chi connectivity index (χ4n) is 4.54. The van der Waals surface area contributed by atoms with E-state index in [0.29, 0.717) is 22.5 Å². The van der Waals surface area contributed by atoms with Gasteiger partial charge in [-0.1, -0.05) is 12.1 Å². The Morgan fingerprint density at radius 1 is 1.14 bits per heavy atom. The third kappa shape index (κ3) is 4.94. The van der Waals surface area contributed by atoms with Gasteiger partial charge in [-0.3, -0.25) is 34.2 Å². The summed E-state index contributed by atoms with van der Waals surface area (Å²) in [6, 6.07) is 8.40. The van der Waals surface area contributed by atoms with Crippen LogP contribution in [-0.2, 0) is 27.5 Å². The number of amides is 2. The molecule has 1 aromatic carbocycles. The van der Waals surface area contributed by atoms with Crippen molar-refractivity contribution in [2.45, 2.75) is 39.0 Å². The van der Waals surface area contributed by atoms with Crippen molar-refractivity contribution in [1.29, 1.82) is 0 Å². The first kappa shape index (κ1) is 23.1. The summed E-state index contributed by atoms with van der Waals surface area (Å²) in [6.45, 7) is 6.02. The molecule has 10 heteroatoms.